The van der Waals surface area contributed by atoms with Crippen LogP contribution in [0, 0.1) is 11.3 Å². The molecule has 0 aliphatic rings. The second kappa shape index (κ2) is 10.1. The molecule has 0 amide bonds. The summed E-state index contributed by atoms with van der Waals surface area (Å²) in [7, 11) is 0. The van der Waals surface area contributed by atoms with Gasteiger partial charge in [-0.05, 0) is 82.1 Å². The van der Waals surface area contributed by atoms with Crippen LogP contribution < -0.4 is 10.2 Å². The maximum absolute atomic E-state index is 9.07. The lowest BCUT2D eigenvalue weighted by molar-refractivity contribution is 1.02. The molecule has 0 fully saturated rings. The Kier molecular flexibility index (Phi) is 6.00. The Morgan fingerprint density at radius 1 is 0.575 bits per heavy atom. The molecule has 0 heterocycles. The standard InChI is InChI=1S/C37H27N3/c38-25-27-13-11-26(12-14-27)23-24-39-34-21-17-28-16-20-33-35(22-18-29-15-19-32(34)36(28)37(29)33)40(30-7-3-1-4-8-30)31-9-5-2-6-10-31/h1-22,39H,23-24H2. The van der Waals surface area contributed by atoms with Gasteiger partial charge in [0.15, 0.2) is 0 Å². The Hall–Kier alpha value is -5.33. The molecular weight excluding hydrogens is 486 g/mol. The highest BCUT2D eigenvalue weighted by molar-refractivity contribution is 6.27. The van der Waals surface area contributed by atoms with Crippen LogP contribution in [0.2, 0.25) is 0 Å². The Morgan fingerprint density at radius 3 is 1.80 bits per heavy atom. The molecule has 0 unspecified atom stereocenters. The van der Waals surface area contributed by atoms with Crippen molar-refractivity contribution in [1.29, 1.82) is 5.26 Å². The summed E-state index contributed by atoms with van der Waals surface area (Å²) in [6.07, 6.45) is 0.890. The quantitative estimate of drug-likeness (QED) is 0.216. The van der Waals surface area contributed by atoms with Crippen LogP contribution in [0.3, 0.4) is 0 Å². The van der Waals surface area contributed by atoms with E-state index < -0.39 is 0 Å². The molecule has 3 heteroatoms. The Labute approximate surface area is 233 Å². The minimum absolute atomic E-state index is 0.695. The molecule has 0 saturated heterocycles. The van der Waals surface area contributed by atoms with Crippen LogP contribution in [0.25, 0.3) is 32.3 Å². The molecule has 0 spiro atoms. The van der Waals surface area contributed by atoms with Gasteiger partial charge in [-0.25, -0.2) is 0 Å². The van der Waals surface area contributed by atoms with Crippen molar-refractivity contribution in [1.82, 2.24) is 0 Å². The Balaban J connectivity index is 1.33. The van der Waals surface area contributed by atoms with Gasteiger partial charge in [0.2, 0.25) is 0 Å². The summed E-state index contributed by atoms with van der Waals surface area (Å²) in [6, 6.07) is 49.2. The summed E-state index contributed by atoms with van der Waals surface area (Å²) in [5.41, 5.74) is 6.49. The van der Waals surface area contributed by atoms with Crippen molar-refractivity contribution in [3.63, 3.8) is 0 Å². The number of anilines is 4. The zero-order valence-corrected chi connectivity index (χ0v) is 22.0. The predicted octanol–water partition coefficient (Wildman–Crippen LogP) is 9.58. The highest BCUT2D eigenvalue weighted by Gasteiger charge is 2.18. The fraction of sp³-hybridized carbons (Fsp3) is 0.0541. The first-order chi connectivity index (χ1) is 19.8. The van der Waals surface area contributed by atoms with E-state index in [1.165, 1.54) is 43.6 Å². The molecular formula is C37H27N3. The third-order valence-corrected chi connectivity index (χ3v) is 7.72. The molecule has 0 saturated carbocycles. The molecule has 0 aliphatic carbocycles. The maximum atomic E-state index is 9.07. The molecule has 190 valence electrons. The van der Waals surface area contributed by atoms with Crippen molar-refractivity contribution in [2.24, 2.45) is 0 Å². The molecule has 0 radical (unpaired) electrons. The second-order valence-corrected chi connectivity index (χ2v) is 10.1. The fourth-order valence-electron chi connectivity index (χ4n) is 5.80. The lowest BCUT2D eigenvalue weighted by Crippen LogP contribution is -2.10. The minimum Gasteiger partial charge on any atom is -0.384 e. The van der Waals surface area contributed by atoms with Crippen molar-refractivity contribution < 1.29 is 0 Å². The van der Waals surface area contributed by atoms with Gasteiger partial charge in [-0.15, -0.1) is 0 Å². The summed E-state index contributed by atoms with van der Waals surface area (Å²) in [6.45, 7) is 0.816. The van der Waals surface area contributed by atoms with Gasteiger partial charge in [0.05, 0.1) is 17.3 Å². The van der Waals surface area contributed by atoms with Crippen LogP contribution in [0.15, 0.2) is 133 Å². The normalized spacial score (nSPS) is 11.2. The summed E-state index contributed by atoms with van der Waals surface area (Å²) >= 11 is 0. The zero-order valence-electron chi connectivity index (χ0n) is 22.0. The van der Waals surface area contributed by atoms with Crippen molar-refractivity contribution in [2.45, 2.75) is 6.42 Å². The van der Waals surface area contributed by atoms with E-state index in [1.54, 1.807) is 0 Å². The number of para-hydroxylation sites is 2. The molecule has 0 atom stereocenters. The molecule has 0 aliphatic heterocycles. The molecule has 1 N–H and O–H groups in total. The topological polar surface area (TPSA) is 39.1 Å². The molecule has 7 rings (SSSR count). The first kappa shape index (κ1) is 23.8. The van der Waals surface area contributed by atoms with Crippen LogP contribution in [0.4, 0.5) is 22.7 Å². The van der Waals surface area contributed by atoms with Crippen molar-refractivity contribution >= 4 is 55.1 Å². The summed E-state index contributed by atoms with van der Waals surface area (Å²) in [5.74, 6) is 0. The third-order valence-electron chi connectivity index (χ3n) is 7.72. The number of nitrogens with one attached hydrogen (secondary N) is 1. The molecule has 7 aromatic rings. The predicted molar refractivity (Wildman–Crippen MR) is 168 cm³/mol. The average Bonchev–Trinajstić information content (AvgIpc) is 3.02. The average molecular weight is 514 g/mol. The van der Waals surface area contributed by atoms with Gasteiger partial charge in [-0.2, -0.15) is 5.26 Å². The lowest BCUT2D eigenvalue weighted by Gasteiger charge is -2.27. The number of hydrogen-bond acceptors (Lipinski definition) is 3. The maximum Gasteiger partial charge on any atom is 0.0991 e. The van der Waals surface area contributed by atoms with Crippen molar-refractivity contribution in [3.05, 3.63) is 145 Å². The summed E-state index contributed by atoms with van der Waals surface area (Å²) in [4.78, 5) is 2.35. The van der Waals surface area contributed by atoms with Crippen LogP contribution in [0.5, 0.6) is 0 Å². The molecule has 0 aromatic heterocycles. The number of rotatable bonds is 7. The number of hydrogen-bond donors (Lipinski definition) is 1. The summed E-state index contributed by atoms with van der Waals surface area (Å²) < 4.78 is 0. The van der Waals surface area contributed by atoms with Gasteiger partial charge in [0.25, 0.3) is 0 Å². The Bertz CT molecular complexity index is 1930. The van der Waals surface area contributed by atoms with E-state index in [9.17, 15) is 0 Å². The molecule has 7 aromatic carbocycles. The van der Waals surface area contributed by atoms with E-state index in [-0.39, 0.29) is 0 Å². The van der Waals surface area contributed by atoms with E-state index in [1.807, 2.05) is 24.3 Å². The largest absolute Gasteiger partial charge is 0.384 e. The van der Waals surface area contributed by atoms with Crippen LogP contribution in [-0.4, -0.2) is 6.54 Å². The van der Waals surface area contributed by atoms with Crippen molar-refractivity contribution in [2.75, 3.05) is 16.8 Å². The van der Waals surface area contributed by atoms with Gasteiger partial charge in [-0.3, -0.25) is 0 Å². The monoisotopic (exact) mass is 513 g/mol. The van der Waals surface area contributed by atoms with Crippen LogP contribution >= 0.6 is 0 Å². The highest BCUT2D eigenvalue weighted by atomic mass is 15.1. The molecule has 3 nitrogen and oxygen atoms in total. The smallest absolute Gasteiger partial charge is 0.0991 e. The number of benzene rings is 7. The van der Waals surface area contributed by atoms with E-state index >= 15 is 0 Å². The van der Waals surface area contributed by atoms with Crippen LogP contribution in [-0.2, 0) is 6.42 Å². The van der Waals surface area contributed by atoms with Gasteiger partial charge < -0.3 is 10.2 Å². The number of nitrogens with zero attached hydrogens (tertiary/aromatic N) is 2. The molecule has 0 bridgehead atoms. The van der Waals surface area contributed by atoms with E-state index in [0.29, 0.717) is 5.56 Å². The van der Waals surface area contributed by atoms with Crippen LogP contribution in [0.1, 0.15) is 11.1 Å². The van der Waals surface area contributed by atoms with Gasteiger partial charge in [-0.1, -0.05) is 84.9 Å². The first-order valence-electron chi connectivity index (χ1n) is 13.6. The van der Waals surface area contributed by atoms with E-state index in [0.717, 1.165) is 30.0 Å². The third kappa shape index (κ3) is 4.17. The summed E-state index contributed by atoms with van der Waals surface area (Å²) in [5, 5.41) is 20.3. The van der Waals surface area contributed by atoms with E-state index in [4.69, 9.17) is 5.26 Å². The zero-order chi connectivity index (χ0) is 26.9. The minimum atomic E-state index is 0.695. The second-order valence-electron chi connectivity index (χ2n) is 10.1. The lowest BCUT2D eigenvalue weighted by atomic mass is 9.92. The van der Waals surface area contributed by atoms with Gasteiger partial charge in [0.1, 0.15) is 0 Å². The van der Waals surface area contributed by atoms with Gasteiger partial charge in [0, 0.05) is 34.4 Å². The SMILES string of the molecule is N#Cc1ccc(CCNc2ccc3ccc4c(N(c5ccccc5)c5ccccc5)ccc5ccc2c3c54)cc1. The Morgan fingerprint density at radius 2 is 1.15 bits per heavy atom. The first-order valence-corrected chi connectivity index (χ1v) is 13.6. The van der Waals surface area contributed by atoms with Gasteiger partial charge >= 0.3 is 0 Å². The number of nitriles is 1. The highest BCUT2D eigenvalue weighted by Crippen LogP contribution is 2.44. The van der Waals surface area contributed by atoms with Crippen molar-refractivity contribution in [3.8, 4) is 6.07 Å². The fourth-order valence-corrected chi connectivity index (χ4v) is 5.80. The van der Waals surface area contributed by atoms with E-state index in [2.05, 4.69) is 125 Å². The molecule has 40 heavy (non-hydrogen) atoms.